The number of aliphatic hydroxyl groups is 1. The van der Waals surface area contributed by atoms with Crippen LogP contribution >= 0.6 is 45.2 Å². The Hall–Kier alpha value is -2.33. The first-order valence-corrected chi connectivity index (χ1v) is 20.5. The highest BCUT2D eigenvalue weighted by Gasteiger charge is 2.66. The van der Waals surface area contributed by atoms with Gasteiger partial charge < -0.3 is 19.5 Å². The summed E-state index contributed by atoms with van der Waals surface area (Å²) in [4.78, 5) is 16.8. The van der Waals surface area contributed by atoms with Gasteiger partial charge in [-0.25, -0.2) is 0 Å². The van der Waals surface area contributed by atoms with Crippen molar-refractivity contribution in [1.29, 1.82) is 0 Å². The molecule has 3 heterocycles. The minimum Gasteiger partial charge on any atom is -0.497 e. The number of aliphatic hydroxyl groups excluding tert-OH is 1. The Bertz CT molecular complexity index is 1680. The summed E-state index contributed by atoms with van der Waals surface area (Å²) in [5.41, 5.74) is 2.80. The highest BCUT2D eigenvalue weighted by Crippen LogP contribution is 2.60. The van der Waals surface area contributed by atoms with Gasteiger partial charge in [-0.15, -0.1) is 5.10 Å². The monoisotopic (exact) mass is 848 g/mol. The molecule has 1 saturated heterocycles. The number of fused-ring (bicyclic) bond motifs is 2. The Morgan fingerprint density at radius 1 is 1.04 bits per heavy atom. The Labute approximate surface area is 292 Å². The predicted octanol–water partition coefficient (Wildman–Crippen LogP) is 5.88. The number of carbonyl (C=O) groups is 1. The van der Waals surface area contributed by atoms with Gasteiger partial charge in [0.25, 0.3) is 5.91 Å². The van der Waals surface area contributed by atoms with Crippen LogP contribution in [0.25, 0.3) is 0 Å². The maximum Gasteiger partial charge on any atom is 0.264 e. The topological polar surface area (TPSA) is 89.7 Å². The molecule has 4 atom stereocenters. The van der Waals surface area contributed by atoms with Gasteiger partial charge in [0.15, 0.2) is 5.60 Å². The van der Waals surface area contributed by atoms with Crippen molar-refractivity contribution in [2.24, 2.45) is 5.92 Å². The van der Waals surface area contributed by atoms with Crippen molar-refractivity contribution in [1.82, 2.24) is 15.0 Å². The standard InChI is InChI=1S/C34H38I2N4O4Si/c1-22-32(45(3,4)28-12-10-27(43-2)11-13-28)31(15-17-39-21-26(16-18-41)37-38-39)44-34(22)29-19-25(36)9-14-30(29)40(33(34)42)20-23-5-7-24(35)8-6-23/h5-14,19,21-22,31-32,41H,15-18,20H2,1-4H3/t22-,31+,32-,34+/m1/s1. The molecule has 4 aromatic rings. The number of halogens is 2. The highest BCUT2D eigenvalue weighted by atomic mass is 127. The average molecular weight is 849 g/mol. The van der Waals surface area contributed by atoms with E-state index in [0.717, 1.165) is 35.4 Å². The average Bonchev–Trinajstić information content (AvgIpc) is 3.67. The van der Waals surface area contributed by atoms with Crippen molar-refractivity contribution >= 4 is 70.0 Å². The minimum atomic E-state index is -2.25. The largest absolute Gasteiger partial charge is 0.497 e. The lowest BCUT2D eigenvalue weighted by atomic mass is 9.82. The van der Waals surface area contributed by atoms with Gasteiger partial charge in [0.2, 0.25) is 0 Å². The van der Waals surface area contributed by atoms with Crippen LogP contribution in [0, 0.1) is 13.1 Å². The first-order valence-electron chi connectivity index (χ1n) is 15.3. The van der Waals surface area contributed by atoms with E-state index in [2.05, 4.69) is 130 Å². The van der Waals surface area contributed by atoms with Gasteiger partial charge in [0.1, 0.15) is 5.75 Å². The first kappa shape index (κ1) is 32.6. The molecule has 0 unspecified atom stereocenters. The lowest BCUT2D eigenvalue weighted by Crippen LogP contribution is -2.51. The van der Waals surface area contributed by atoms with Crippen molar-refractivity contribution in [2.45, 2.75) is 63.2 Å². The van der Waals surface area contributed by atoms with Crippen LogP contribution in [0.15, 0.2) is 72.9 Å². The molecular weight excluding hydrogens is 810 g/mol. The quantitative estimate of drug-likeness (QED) is 0.159. The van der Waals surface area contributed by atoms with Gasteiger partial charge in [0.05, 0.1) is 39.2 Å². The van der Waals surface area contributed by atoms with E-state index in [-0.39, 0.29) is 30.1 Å². The third-order valence-corrected chi connectivity index (χ3v) is 15.4. The van der Waals surface area contributed by atoms with Crippen molar-refractivity contribution in [3.8, 4) is 5.75 Å². The summed E-state index contributed by atoms with van der Waals surface area (Å²) in [5, 5.41) is 19.2. The second kappa shape index (κ2) is 13.0. The molecule has 236 valence electrons. The van der Waals surface area contributed by atoms with E-state index in [1.54, 1.807) is 7.11 Å². The van der Waals surface area contributed by atoms with Crippen LogP contribution in [0.2, 0.25) is 18.6 Å². The number of ether oxygens (including phenoxy) is 2. The van der Waals surface area contributed by atoms with Crippen LogP contribution in [0.5, 0.6) is 5.75 Å². The molecule has 1 fully saturated rings. The SMILES string of the molecule is COc1ccc([Si](C)(C)[C@H]2[C@H](CCn3cc(CCO)nn3)O[C@@]3(C(=O)N(Cc4ccc(I)cc4)c4ccc(I)cc43)[C@@H]2C)cc1. The van der Waals surface area contributed by atoms with E-state index >= 15 is 0 Å². The third kappa shape index (κ3) is 5.98. The zero-order valence-corrected chi connectivity index (χ0v) is 31.2. The number of hydrogen-bond donors (Lipinski definition) is 1. The number of anilines is 1. The van der Waals surface area contributed by atoms with E-state index in [4.69, 9.17) is 9.47 Å². The number of hydrogen-bond acceptors (Lipinski definition) is 6. The second-order valence-electron chi connectivity index (χ2n) is 12.6. The normalized spacial score (nSPS) is 22.8. The van der Waals surface area contributed by atoms with E-state index in [1.807, 2.05) is 27.9 Å². The van der Waals surface area contributed by atoms with Crippen molar-refractivity contribution in [2.75, 3.05) is 18.6 Å². The highest BCUT2D eigenvalue weighted by molar-refractivity contribution is 14.1. The number of rotatable bonds is 10. The minimum absolute atomic E-state index is 0.0172. The molecule has 11 heteroatoms. The zero-order chi connectivity index (χ0) is 31.9. The van der Waals surface area contributed by atoms with Crippen molar-refractivity contribution in [3.63, 3.8) is 0 Å². The molecule has 45 heavy (non-hydrogen) atoms. The number of aromatic nitrogens is 3. The Morgan fingerprint density at radius 3 is 2.44 bits per heavy atom. The van der Waals surface area contributed by atoms with E-state index in [1.165, 1.54) is 5.19 Å². The Kier molecular flexibility index (Phi) is 9.45. The molecule has 8 nitrogen and oxygen atoms in total. The predicted molar refractivity (Wildman–Crippen MR) is 195 cm³/mol. The molecule has 1 aromatic heterocycles. The third-order valence-electron chi connectivity index (χ3n) is 9.65. The lowest BCUT2D eigenvalue weighted by molar-refractivity contribution is -0.146. The van der Waals surface area contributed by atoms with E-state index < -0.39 is 13.7 Å². The smallest absolute Gasteiger partial charge is 0.264 e. The summed E-state index contributed by atoms with van der Waals surface area (Å²) in [6.45, 7) is 8.16. The Morgan fingerprint density at radius 2 is 1.76 bits per heavy atom. The number of amides is 1. The van der Waals surface area contributed by atoms with Crippen molar-refractivity contribution < 1.29 is 19.4 Å². The summed E-state index contributed by atoms with van der Waals surface area (Å²) in [5.74, 6) is 0.777. The van der Waals surface area contributed by atoms with Crippen LogP contribution in [-0.4, -0.2) is 53.9 Å². The van der Waals surface area contributed by atoms with E-state index in [9.17, 15) is 9.90 Å². The molecule has 2 aliphatic heterocycles. The second-order valence-corrected chi connectivity index (χ2v) is 19.7. The number of benzene rings is 3. The van der Waals surface area contributed by atoms with E-state index in [0.29, 0.717) is 25.9 Å². The maximum atomic E-state index is 14.9. The summed E-state index contributed by atoms with van der Waals surface area (Å²) in [6, 6.07) is 23.1. The molecule has 6 rings (SSSR count). The van der Waals surface area contributed by atoms with Crippen LogP contribution in [0.4, 0.5) is 5.69 Å². The molecule has 2 aliphatic rings. The Balaban J connectivity index is 1.41. The van der Waals surface area contributed by atoms with Crippen LogP contribution < -0.4 is 14.8 Å². The molecule has 0 saturated carbocycles. The number of aryl methyl sites for hydroxylation is 1. The van der Waals surface area contributed by atoms with Gasteiger partial charge in [-0.2, -0.15) is 0 Å². The fourth-order valence-corrected chi connectivity index (χ4v) is 12.3. The van der Waals surface area contributed by atoms with Crippen LogP contribution in [0.3, 0.4) is 0 Å². The molecule has 0 bridgehead atoms. The zero-order valence-electron chi connectivity index (χ0n) is 25.9. The molecule has 1 amide bonds. The molecular formula is C34H38I2N4O4Si. The van der Waals surface area contributed by atoms with Crippen LogP contribution in [-0.2, 0) is 34.6 Å². The van der Waals surface area contributed by atoms with Gasteiger partial charge in [-0.05, 0) is 105 Å². The van der Waals surface area contributed by atoms with Crippen molar-refractivity contribution in [3.05, 3.63) is 96.9 Å². The fraction of sp³-hybridized carbons (Fsp3) is 0.382. The summed E-state index contributed by atoms with van der Waals surface area (Å²) in [6.07, 6.45) is 2.88. The summed E-state index contributed by atoms with van der Waals surface area (Å²) in [7, 11) is -0.559. The van der Waals surface area contributed by atoms with Crippen LogP contribution in [0.1, 0.15) is 30.2 Å². The fourth-order valence-electron chi connectivity index (χ4n) is 7.42. The number of nitrogens with zero attached hydrogens (tertiary/aromatic N) is 4. The number of carbonyl (C=O) groups excluding carboxylic acids is 1. The maximum absolute atomic E-state index is 14.9. The lowest BCUT2D eigenvalue weighted by Gasteiger charge is -2.37. The van der Waals surface area contributed by atoms with Gasteiger partial charge in [-0.3, -0.25) is 9.48 Å². The first-order chi connectivity index (χ1) is 21.6. The van der Waals surface area contributed by atoms with Gasteiger partial charge in [0, 0.05) is 44.4 Å². The molecule has 0 aliphatic carbocycles. The molecule has 1 spiro atoms. The molecule has 3 aromatic carbocycles. The van der Waals surface area contributed by atoms with Gasteiger partial charge >= 0.3 is 0 Å². The molecule has 1 N–H and O–H groups in total. The number of methoxy groups -OCH3 is 1. The van der Waals surface area contributed by atoms with Gasteiger partial charge in [-0.1, -0.05) is 54.7 Å². The summed E-state index contributed by atoms with van der Waals surface area (Å²) < 4.78 is 16.8. The molecule has 0 radical (unpaired) electrons. The summed E-state index contributed by atoms with van der Waals surface area (Å²) >= 11 is 4.65.